The molecule has 6 nitrogen and oxygen atoms in total. The van der Waals surface area contributed by atoms with Crippen LogP contribution in [0.15, 0.2) is 65.8 Å². The van der Waals surface area contributed by atoms with Gasteiger partial charge in [0.15, 0.2) is 0 Å². The molecular weight excluding hydrogens is 425 g/mol. The van der Waals surface area contributed by atoms with Crippen LogP contribution in [0.25, 0.3) is 16.6 Å². The molecule has 140 valence electrons. The summed E-state index contributed by atoms with van der Waals surface area (Å²) in [5.41, 5.74) is 2.64. The van der Waals surface area contributed by atoms with Crippen LogP contribution in [0, 0.1) is 5.82 Å². The molecule has 1 atom stereocenters. The van der Waals surface area contributed by atoms with Gasteiger partial charge in [0, 0.05) is 28.4 Å². The normalized spacial score (nSPS) is 12.1. The first-order valence-corrected chi connectivity index (χ1v) is 9.31. The Morgan fingerprint density at radius 3 is 2.61 bits per heavy atom. The van der Waals surface area contributed by atoms with Gasteiger partial charge in [-0.25, -0.2) is 9.07 Å². The van der Waals surface area contributed by atoms with Gasteiger partial charge in [0.25, 0.3) is 5.91 Å². The third kappa shape index (κ3) is 3.50. The Kier molecular flexibility index (Phi) is 4.87. The first kappa shape index (κ1) is 18.2. The number of aromatic nitrogens is 4. The van der Waals surface area contributed by atoms with Gasteiger partial charge in [-0.05, 0) is 58.7 Å². The largest absolute Gasteiger partial charge is 0.345 e. The maximum absolute atomic E-state index is 13.2. The summed E-state index contributed by atoms with van der Waals surface area (Å²) in [6.45, 7) is 1.89. The molecule has 3 heterocycles. The molecule has 4 aromatic rings. The minimum Gasteiger partial charge on any atom is -0.345 e. The van der Waals surface area contributed by atoms with Crippen LogP contribution >= 0.6 is 15.9 Å². The smallest absolute Gasteiger partial charge is 0.254 e. The molecule has 0 fully saturated rings. The number of carbonyl (C=O) groups is 1. The Bertz CT molecular complexity index is 1160. The van der Waals surface area contributed by atoms with Gasteiger partial charge < -0.3 is 5.32 Å². The zero-order chi connectivity index (χ0) is 19.7. The van der Waals surface area contributed by atoms with Crippen LogP contribution in [0.3, 0.4) is 0 Å². The quantitative estimate of drug-likeness (QED) is 0.516. The summed E-state index contributed by atoms with van der Waals surface area (Å²) in [7, 11) is 0. The minimum atomic E-state index is -0.325. The molecule has 1 N–H and O–H groups in total. The van der Waals surface area contributed by atoms with E-state index in [1.807, 2.05) is 13.0 Å². The maximum atomic E-state index is 13.2. The fourth-order valence-corrected chi connectivity index (χ4v) is 3.32. The van der Waals surface area contributed by atoms with E-state index in [2.05, 4.69) is 36.3 Å². The van der Waals surface area contributed by atoms with E-state index in [-0.39, 0.29) is 17.8 Å². The van der Waals surface area contributed by atoms with E-state index >= 15 is 0 Å². The number of rotatable bonds is 4. The second kappa shape index (κ2) is 7.47. The fraction of sp³-hybridized carbons (Fsp3) is 0.100. The monoisotopic (exact) mass is 439 g/mol. The van der Waals surface area contributed by atoms with Crippen LogP contribution in [0.1, 0.15) is 28.9 Å². The highest BCUT2D eigenvalue weighted by Crippen LogP contribution is 2.22. The summed E-state index contributed by atoms with van der Waals surface area (Å²) in [5, 5.41) is 7.97. The zero-order valence-electron chi connectivity index (χ0n) is 14.8. The van der Waals surface area contributed by atoms with Crippen molar-refractivity contribution in [1.29, 1.82) is 0 Å². The number of pyridine rings is 2. The van der Waals surface area contributed by atoms with Crippen LogP contribution in [-0.4, -0.2) is 25.7 Å². The lowest BCUT2D eigenvalue weighted by Gasteiger charge is -2.14. The van der Waals surface area contributed by atoms with Crippen molar-refractivity contribution < 1.29 is 9.18 Å². The lowest BCUT2D eigenvalue weighted by Crippen LogP contribution is -2.27. The van der Waals surface area contributed by atoms with Crippen LogP contribution in [0.2, 0.25) is 0 Å². The molecule has 0 aliphatic heterocycles. The lowest BCUT2D eigenvalue weighted by molar-refractivity contribution is 0.0941. The molecule has 0 unspecified atom stereocenters. The van der Waals surface area contributed by atoms with Crippen molar-refractivity contribution in [1.82, 2.24) is 25.1 Å². The predicted octanol–water partition coefficient (Wildman–Crippen LogP) is 4.21. The lowest BCUT2D eigenvalue weighted by atomic mass is 10.1. The van der Waals surface area contributed by atoms with Gasteiger partial charge in [-0.3, -0.25) is 14.8 Å². The van der Waals surface area contributed by atoms with Crippen molar-refractivity contribution in [2.24, 2.45) is 0 Å². The van der Waals surface area contributed by atoms with Gasteiger partial charge >= 0.3 is 0 Å². The number of nitrogens with one attached hydrogen (secondary N) is 1. The highest BCUT2D eigenvalue weighted by atomic mass is 79.9. The molecule has 0 radical (unpaired) electrons. The van der Waals surface area contributed by atoms with Crippen LogP contribution < -0.4 is 5.32 Å². The van der Waals surface area contributed by atoms with Crippen LogP contribution in [0.4, 0.5) is 4.39 Å². The summed E-state index contributed by atoms with van der Waals surface area (Å²) in [5.74, 6) is -0.585. The second-order valence-electron chi connectivity index (χ2n) is 6.28. The van der Waals surface area contributed by atoms with E-state index in [9.17, 15) is 9.18 Å². The van der Waals surface area contributed by atoms with Gasteiger partial charge in [0.05, 0.1) is 35.2 Å². The Hall–Kier alpha value is -3.13. The van der Waals surface area contributed by atoms with Crippen LogP contribution in [-0.2, 0) is 0 Å². The van der Waals surface area contributed by atoms with E-state index in [0.29, 0.717) is 22.2 Å². The first-order chi connectivity index (χ1) is 13.5. The van der Waals surface area contributed by atoms with Gasteiger partial charge in [-0.1, -0.05) is 0 Å². The highest BCUT2D eigenvalue weighted by molar-refractivity contribution is 9.10. The topological polar surface area (TPSA) is 72.7 Å². The molecule has 0 aliphatic rings. The van der Waals surface area contributed by atoms with Crippen molar-refractivity contribution in [3.8, 4) is 5.69 Å². The van der Waals surface area contributed by atoms with Crippen LogP contribution in [0.5, 0.6) is 0 Å². The van der Waals surface area contributed by atoms with Gasteiger partial charge in [-0.15, -0.1) is 0 Å². The number of amides is 1. The number of halogens is 2. The molecule has 1 amide bonds. The molecule has 0 saturated heterocycles. The Balaban J connectivity index is 1.65. The van der Waals surface area contributed by atoms with Crippen molar-refractivity contribution >= 4 is 32.7 Å². The van der Waals surface area contributed by atoms with E-state index in [0.717, 1.165) is 10.0 Å². The fourth-order valence-electron chi connectivity index (χ4n) is 2.93. The van der Waals surface area contributed by atoms with Crippen molar-refractivity contribution in [2.45, 2.75) is 13.0 Å². The second-order valence-corrected chi connectivity index (χ2v) is 7.20. The summed E-state index contributed by atoms with van der Waals surface area (Å²) >= 11 is 3.38. The number of nitrogens with zero attached hydrogens (tertiary/aromatic N) is 4. The SMILES string of the molecule is C[C@H](NC(=O)c1cncc2c1cnn2-c1ccc(F)cc1)c1cncc(Br)c1. The number of carbonyl (C=O) groups excluding carboxylic acids is 1. The average Bonchev–Trinajstić information content (AvgIpc) is 3.12. The molecule has 4 rings (SSSR count). The van der Waals surface area contributed by atoms with E-state index < -0.39 is 0 Å². The number of hydrogen-bond donors (Lipinski definition) is 1. The molecule has 28 heavy (non-hydrogen) atoms. The highest BCUT2D eigenvalue weighted by Gasteiger charge is 2.17. The molecule has 3 aromatic heterocycles. The summed E-state index contributed by atoms with van der Waals surface area (Å²) in [4.78, 5) is 21.2. The third-order valence-corrected chi connectivity index (χ3v) is 4.82. The molecule has 0 aliphatic carbocycles. The van der Waals surface area contributed by atoms with E-state index in [4.69, 9.17) is 0 Å². The summed E-state index contributed by atoms with van der Waals surface area (Å²) in [6.07, 6.45) is 8.15. The molecule has 1 aromatic carbocycles. The standard InChI is InChI=1S/C20H15BrFN5O/c1-12(13-6-14(21)8-23-7-13)26-20(28)18-9-24-11-19-17(18)10-25-27(19)16-4-2-15(22)3-5-16/h2-12H,1H3,(H,26,28)/t12-/m0/s1. The van der Waals surface area contributed by atoms with Crippen molar-refractivity contribution in [3.63, 3.8) is 0 Å². The Morgan fingerprint density at radius 2 is 1.86 bits per heavy atom. The Labute approximate surface area is 168 Å². The molecule has 0 bridgehead atoms. The molecule has 0 spiro atoms. The number of fused-ring (bicyclic) bond motifs is 1. The molecule has 0 saturated carbocycles. The summed E-state index contributed by atoms with van der Waals surface area (Å²) in [6, 6.07) is 7.64. The van der Waals surface area contributed by atoms with E-state index in [1.54, 1.807) is 41.6 Å². The minimum absolute atomic E-state index is 0.236. The maximum Gasteiger partial charge on any atom is 0.254 e. The molecule has 8 heteroatoms. The zero-order valence-corrected chi connectivity index (χ0v) is 16.4. The van der Waals surface area contributed by atoms with Crippen molar-refractivity contribution in [3.05, 3.63) is 82.7 Å². The first-order valence-electron chi connectivity index (χ1n) is 8.52. The van der Waals surface area contributed by atoms with Gasteiger partial charge in [0.2, 0.25) is 0 Å². The van der Waals surface area contributed by atoms with Gasteiger partial charge in [0.1, 0.15) is 5.82 Å². The average molecular weight is 440 g/mol. The van der Waals surface area contributed by atoms with E-state index in [1.165, 1.54) is 18.3 Å². The summed E-state index contributed by atoms with van der Waals surface area (Å²) < 4.78 is 15.7. The van der Waals surface area contributed by atoms with Crippen molar-refractivity contribution in [2.75, 3.05) is 0 Å². The third-order valence-electron chi connectivity index (χ3n) is 4.39. The van der Waals surface area contributed by atoms with Gasteiger partial charge in [-0.2, -0.15) is 5.10 Å². The number of hydrogen-bond acceptors (Lipinski definition) is 4. The number of benzene rings is 1. The molecular formula is C20H15BrFN5O. The Morgan fingerprint density at radius 1 is 1.11 bits per heavy atom. The predicted molar refractivity (Wildman–Crippen MR) is 107 cm³/mol.